The van der Waals surface area contributed by atoms with Gasteiger partial charge < -0.3 is 20.1 Å². The summed E-state index contributed by atoms with van der Waals surface area (Å²) >= 11 is 6.10. The topological polar surface area (TPSA) is 103 Å². The van der Waals surface area contributed by atoms with Crippen LogP contribution in [0.5, 0.6) is 5.75 Å². The number of halogens is 1. The number of hydrogen-bond acceptors (Lipinski definition) is 7. The fourth-order valence-electron chi connectivity index (χ4n) is 3.67. The molecule has 0 radical (unpaired) electrons. The second-order valence-electron chi connectivity index (χ2n) is 8.87. The molecule has 0 unspecified atom stereocenters. The van der Waals surface area contributed by atoms with Crippen LogP contribution in [0, 0.1) is 11.3 Å². The van der Waals surface area contributed by atoms with Crippen molar-refractivity contribution >= 4 is 21.4 Å². The summed E-state index contributed by atoms with van der Waals surface area (Å²) in [7, 11) is -3.64. The highest BCUT2D eigenvalue weighted by atomic mass is 35.5. The Kier molecular flexibility index (Phi) is 8.38. The maximum atomic E-state index is 12.6. The molecule has 9 heteroatoms. The van der Waals surface area contributed by atoms with Gasteiger partial charge in [-0.3, -0.25) is 0 Å². The molecule has 0 aromatic heterocycles. The van der Waals surface area contributed by atoms with E-state index < -0.39 is 21.2 Å². The monoisotopic (exact) mass is 491 g/mol. The van der Waals surface area contributed by atoms with Crippen LogP contribution in [0.15, 0.2) is 47.4 Å². The fourth-order valence-corrected chi connectivity index (χ4v) is 5.23. The smallest absolute Gasteiger partial charge is 0.185 e. The first-order valence-electron chi connectivity index (χ1n) is 10.9. The summed E-state index contributed by atoms with van der Waals surface area (Å²) < 4.78 is 29.9. The number of aliphatic hydroxyl groups is 1. The Morgan fingerprint density at radius 1 is 1.27 bits per heavy atom. The minimum absolute atomic E-state index is 0.143. The van der Waals surface area contributed by atoms with Crippen LogP contribution < -0.4 is 10.1 Å². The zero-order valence-electron chi connectivity index (χ0n) is 18.9. The Labute approximate surface area is 200 Å². The van der Waals surface area contributed by atoms with E-state index in [-0.39, 0.29) is 10.9 Å². The SMILES string of the molecule is CC(C)(CO)S(=O)(=O)c1ccc(OC[C@@H]2CN(CCc3cc(Cl)cc(C#N)c3)CCN2)cc1. The lowest BCUT2D eigenvalue weighted by molar-refractivity contribution is 0.159. The minimum atomic E-state index is -3.64. The Balaban J connectivity index is 1.52. The highest BCUT2D eigenvalue weighted by Crippen LogP contribution is 2.26. The molecule has 2 aromatic carbocycles. The van der Waals surface area contributed by atoms with Gasteiger partial charge in [0.15, 0.2) is 9.84 Å². The first-order chi connectivity index (χ1) is 15.6. The van der Waals surface area contributed by atoms with Crippen LogP contribution in [0.4, 0.5) is 0 Å². The summed E-state index contributed by atoms with van der Waals surface area (Å²) in [6.07, 6.45) is 0.808. The van der Waals surface area contributed by atoms with Crippen molar-refractivity contribution in [2.75, 3.05) is 39.4 Å². The van der Waals surface area contributed by atoms with Crippen LogP contribution in [0.25, 0.3) is 0 Å². The second kappa shape index (κ2) is 10.9. The predicted octanol–water partition coefficient (Wildman–Crippen LogP) is 2.65. The number of nitrogens with zero attached hydrogens (tertiary/aromatic N) is 2. The molecule has 1 atom stereocenters. The fraction of sp³-hybridized carbons (Fsp3) is 0.458. The third-order valence-electron chi connectivity index (χ3n) is 5.84. The maximum absolute atomic E-state index is 12.6. The number of rotatable bonds is 9. The molecular formula is C24H30ClN3O4S. The zero-order chi connectivity index (χ0) is 24.1. The molecule has 2 aromatic rings. The van der Waals surface area contributed by atoms with E-state index in [9.17, 15) is 13.5 Å². The van der Waals surface area contributed by atoms with Crippen molar-refractivity contribution in [3.63, 3.8) is 0 Å². The van der Waals surface area contributed by atoms with E-state index in [0.29, 0.717) is 22.9 Å². The van der Waals surface area contributed by atoms with Crippen molar-refractivity contribution in [2.24, 2.45) is 0 Å². The molecule has 0 amide bonds. The van der Waals surface area contributed by atoms with Gasteiger partial charge in [0.2, 0.25) is 0 Å². The van der Waals surface area contributed by atoms with Crippen molar-refractivity contribution in [1.82, 2.24) is 10.2 Å². The Hall–Kier alpha value is -2.15. The third kappa shape index (κ3) is 6.46. The molecule has 1 fully saturated rings. The van der Waals surface area contributed by atoms with Gasteiger partial charge in [-0.2, -0.15) is 5.26 Å². The van der Waals surface area contributed by atoms with Crippen LogP contribution in [0.1, 0.15) is 25.0 Å². The summed E-state index contributed by atoms with van der Waals surface area (Å²) in [5, 5.41) is 22.5. The molecule has 1 aliphatic rings. The number of benzene rings is 2. The number of piperazine rings is 1. The normalized spacial score (nSPS) is 17.5. The first-order valence-corrected chi connectivity index (χ1v) is 12.7. The lowest BCUT2D eigenvalue weighted by atomic mass is 10.1. The van der Waals surface area contributed by atoms with Crippen LogP contribution in [0.3, 0.4) is 0 Å². The molecule has 1 heterocycles. The summed E-state index contributed by atoms with van der Waals surface area (Å²) in [6.45, 7) is 6.47. The molecule has 7 nitrogen and oxygen atoms in total. The highest BCUT2D eigenvalue weighted by Gasteiger charge is 2.35. The van der Waals surface area contributed by atoms with E-state index in [4.69, 9.17) is 21.6 Å². The van der Waals surface area contributed by atoms with Crippen molar-refractivity contribution < 1.29 is 18.3 Å². The van der Waals surface area contributed by atoms with Crippen LogP contribution in [0.2, 0.25) is 5.02 Å². The minimum Gasteiger partial charge on any atom is -0.492 e. The van der Waals surface area contributed by atoms with Gasteiger partial charge in [0.05, 0.1) is 33.9 Å². The number of nitrogens with one attached hydrogen (secondary N) is 1. The summed E-state index contributed by atoms with van der Waals surface area (Å²) in [5.41, 5.74) is 1.62. The van der Waals surface area contributed by atoms with Gasteiger partial charge in [0.25, 0.3) is 0 Å². The zero-order valence-corrected chi connectivity index (χ0v) is 20.5. The van der Waals surface area contributed by atoms with E-state index >= 15 is 0 Å². The summed E-state index contributed by atoms with van der Waals surface area (Å²) in [5.74, 6) is 0.595. The Bertz CT molecular complexity index is 1100. The van der Waals surface area contributed by atoms with Gasteiger partial charge in [-0.25, -0.2) is 8.42 Å². The molecule has 0 saturated carbocycles. The van der Waals surface area contributed by atoms with Gasteiger partial charge in [0.1, 0.15) is 12.4 Å². The van der Waals surface area contributed by atoms with Crippen LogP contribution >= 0.6 is 11.6 Å². The number of ether oxygens (including phenoxy) is 1. The predicted molar refractivity (Wildman–Crippen MR) is 128 cm³/mol. The molecule has 2 N–H and O–H groups in total. The summed E-state index contributed by atoms with van der Waals surface area (Å²) in [4.78, 5) is 2.51. The molecule has 0 spiro atoms. The lowest BCUT2D eigenvalue weighted by Crippen LogP contribution is -2.53. The Morgan fingerprint density at radius 2 is 2.00 bits per heavy atom. The van der Waals surface area contributed by atoms with E-state index in [2.05, 4.69) is 16.3 Å². The number of sulfone groups is 1. The molecule has 1 saturated heterocycles. The van der Waals surface area contributed by atoms with Crippen LogP contribution in [-0.4, -0.2) is 68.6 Å². The molecule has 0 bridgehead atoms. The molecule has 1 aliphatic heterocycles. The first kappa shape index (κ1) is 25.5. The largest absolute Gasteiger partial charge is 0.492 e. The van der Waals surface area contributed by atoms with E-state index in [1.54, 1.807) is 18.2 Å². The third-order valence-corrected chi connectivity index (χ3v) is 8.53. The van der Waals surface area contributed by atoms with E-state index in [1.807, 2.05) is 12.1 Å². The van der Waals surface area contributed by atoms with E-state index in [1.165, 1.54) is 26.0 Å². The van der Waals surface area contributed by atoms with Gasteiger partial charge in [-0.05, 0) is 68.3 Å². The Morgan fingerprint density at radius 3 is 2.67 bits per heavy atom. The standard InChI is InChI=1S/C24H30ClN3O4S/c1-24(2,17-29)33(30,31)23-5-3-22(4-6-23)32-16-21-15-28(10-8-27-21)9-7-18-11-19(14-26)13-20(25)12-18/h3-6,11-13,21,27,29H,7-10,15-17H2,1-2H3/t21-/m0/s1. The average Bonchev–Trinajstić information content (AvgIpc) is 2.81. The number of aliphatic hydroxyl groups excluding tert-OH is 1. The van der Waals surface area contributed by atoms with Crippen molar-refractivity contribution in [1.29, 1.82) is 5.26 Å². The quantitative estimate of drug-likeness (QED) is 0.555. The second-order valence-corrected chi connectivity index (χ2v) is 11.9. The highest BCUT2D eigenvalue weighted by molar-refractivity contribution is 7.92. The van der Waals surface area contributed by atoms with Gasteiger partial charge in [0, 0.05) is 31.2 Å². The van der Waals surface area contributed by atoms with Crippen molar-refractivity contribution in [3.05, 3.63) is 58.6 Å². The van der Waals surface area contributed by atoms with E-state index in [0.717, 1.165) is 38.2 Å². The summed E-state index contributed by atoms with van der Waals surface area (Å²) in [6, 6.07) is 14.0. The van der Waals surface area contributed by atoms with Gasteiger partial charge in [-0.15, -0.1) is 0 Å². The molecule has 3 rings (SSSR count). The van der Waals surface area contributed by atoms with Gasteiger partial charge in [-0.1, -0.05) is 11.6 Å². The average molecular weight is 492 g/mol. The van der Waals surface area contributed by atoms with Crippen molar-refractivity contribution in [3.8, 4) is 11.8 Å². The number of hydrogen-bond donors (Lipinski definition) is 2. The molecular weight excluding hydrogens is 462 g/mol. The van der Waals surface area contributed by atoms with Gasteiger partial charge >= 0.3 is 0 Å². The number of nitriles is 1. The molecule has 0 aliphatic carbocycles. The lowest BCUT2D eigenvalue weighted by Gasteiger charge is -2.33. The molecule has 178 valence electrons. The maximum Gasteiger partial charge on any atom is 0.185 e. The molecule has 33 heavy (non-hydrogen) atoms. The van der Waals surface area contributed by atoms with Crippen LogP contribution in [-0.2, 0) is 16.3 Å². The van der Waals surface area contributed by atoms with Crippen molar-refractivity contribution in [2.45, 2.75) is 36.0 Å².